The van der Waals surface area contributed by atoms with E-state index in [0.717, 1.165) is 23.3 Å². The molecule has 0 atom stereocenters. The molecule has 7 nitrogen and oxygen atoms in total. The molecule has 0 aliphatic carbocycles. The molecule has 0 fully saturated rings. The molecule has 2 aromatic heterocycles. The molecule has 2 rings (SSSR count). The van der Waals surface area contributed by atoms with Gasteiger partial charge in [0.15, 0.2) is 0 Å². The lowest BCUT2D eigenvalue weighted by molar-refractivity contribution is 0.0958. The van der Waals surface area contributed by atoms with Crippen LogP contribution in [0.1, 0.15) is 36.7 Å². The van der Waals surface area contributed by atoms with Crippen LogP contribution in [-0.2, 0) is 13.0 Å². The Labute approximate surface area is 196 Å². The number of aromatic nitrogens is 2. The van der Waals surface area contributed by atoms with Crippen LogP contribution in [0.5, 0.6) is 0 Å². The Bertz CT molecular complexity index is 1050. The fourth-order valence-electron chi connectivity index (χ4n) is 2.62. The van der Waals surface area contributed by atoms with Crippen LogP contribution < -0.4 is 16.2 Å². The molecule has 0 aliphatic heterocycles. The Morgan fingerprint density at radius 2 is 1.97 bits per heavy atom. The van der Waals surface area contributed by atoms with Crippen molar-refractivity contribution in [1.29, 1.82) is 5.41 Å². The number of hydrogen-bond acceptors (Lipinski definition) is 5. The summed E-state index contributed by atoms with van der Waals surface area (Å²) in [4.78, 5) is 28.1. The van der Waals surface area contributed by atoms with Gasteiger partial charge in [0.25, 0.3) is 11.5 Å². The number of rotatable bonds is 10. The van der Waals surface area contributed by atoms with Crippen LogP contribution in [0.15, 0.2) is 83.6 Å². The number of carbonyl (C=O) groups is 1. The van der Waals surface area contributed by atoms with Crippen LogP contribution in [0.4, 0.5) is 0 Å². The van der Waals surface area contributed by atoms with Crippen LogP contribution in [-0.4, -0.2) is 41.3 Å². The van der Waals surface area contributed by atoms with E-state index in [1.807, 2.05) is 32.2 Å². The molecule has 2 aromatic rings. The number of amides is 1. The molecule has 7 heteroatoms. The van der Waals surface area contributed by atoms with Gasteiger partial charge in [0.05, 0.1) is 12.1 Å². The molecule has 2 heterocycles. The van der Waals surface area contributed by atoms with E-state index in [1.165, 1.54) is 12.3 Å². The molecule has 0 spiro atoms. The zero-order valence-corrected chi connectivity index (χ0v) is 20.0. The number of nitrogens with one attached hydrogen (secondary N) is 3. The van der Waals surface area contributed by atoms with E-state index in [9.17, 15) is 9.59 Å². The predicted molar refractivity (Wildman–Crippen MR) is 136 cm³/mol. The number of carbonyl (C=O) groups excluding carboxylic acids is 1. The number of allylic oxidation sites excluding steroid dienone is 5. The second-order valence-corrected chi connectivity index (χ2v) is 7.55. The minimum Gasteiger partial charge on any atom is -0.347 e. The Balaban J connectivity index is 0.00000125. The maximum Gasteiger partial charge on any atom is 0.253 e. The molecular formula is C26H35N5O2. The molecule has 3 N–H and O–H groups in total. The first-order chi connectivity index (χ1) is 15.8. The van der Waals surface area contributed by atoms with Crippen molar-refractivity contribution >= 4 is 11.6 Å². The Hall–Kier alpha value is -3.58. The summed E-state index contributed by atoms with van der Waals surface area (Å²) in [7, 11) is 1.93. The molecule has 0 saturated carbocycles. The SMILES string of the molecule is C=C/C(=C\C=C(/C)Cn1ccccc1=O)Cc1cncc(C(=O)NCC(C)=N)c1.CCNC. The van der Waals surface area contributed by atoms with E-state index in [4.69, 9.17) is 5.41 Å². The lowest BCUT2D eigenvalue weighted by atomic mass is 10.0. The normalized spacial score (nSPS) is 11.3. The monoisotopic (exact) mass is 449 g/mol. The Morgan fingerprint density at radius 3 is 2.58 bits per heavy atom. The van der Waals surface area contributed by atoms with Crippen LogP contribution in [0.25, 0.3) is 0 Å². The molecule has 0 bridgehead atoms. The van der Waals surface area contributed by atoms with Gasteiger partial charge in [-0.05, 0) is 57.1 Å². The largest absolute Gasteiger partial charge is 0.347 e. The molecule has 0 aliphatic rings. The van der Waals surface area contributed by atoms with Crippen molar-refractivity contribution in [2.24, 2.45) is 0 Å². The maximum atomic E-state index is 12.2. The third kappa shape index (κ3) is 11.0. The highest BCUT2D eigenvalue weighted by atomic mass is 16.1. The van der Waals surface area contributed by atoms with E-state index in [1.54, 1.807) is 42.1 Å². The summed E-state index contributed by atoms with van der Waals surface area (Å²) in [6, 6.07) is 6.89. The Morgan fingerprint density at radius 1 is 1.24 bits per heavy atom. The molecule has 176 valence electrons. The van der Waals surface area contributed by atoms with Gasteiger partial charge in [-0.15, -0.1) is 0 Å². The van der Waals surface area contributed by atoms with E-state index in [0.29, 0.717) is 24.2 Å². The molecule has 0 radical (unpaired) electrons. The summed E-state index contributed by atoms with van der Waals surface area (Å²) < 4.78 is 1.65. The molecule has 33 heavy (non-hydrogen) atoms. The highest BCUT2D eigenvalue weighted by Gasteiger charge is 2.07. The van der Waals surface area contributed by atoms with E-state index < -0.39 is 0 Å². The van der Waals surface area contributed by atoms with Gasteiger partial charge in [-0.25, -0.2) is 0 Å². The van der Waals surface area contributed by atoms with Crippen molar-refractivity contribution in [2.75, 3.05) is 20.1 Å². The summed E-state index contributed by atoms with van der Waals surface area (Å²) in [6.07, 6.45) is 11.3. The second kappa shape index (κ2) is 15.3. The van der Waals surface area contributed by atoms with Crippen LogP contribution >= 0.6 is 0 Å². The average molecular weight is 450 g/mol. The van der Waals surface area contributed by atoms with Gasteiger partial charge in [0, 0.05) is 36.9 Å². The molecule has 1 amide bonds. The van der Waals surface area contributed by atoms with Crippen molar-refractivity contribution in [3.05, 3.63) is 100 Å². The summed E-state index contributed by atoms with van der Waals surface area (Å²) in [5.74, 6) is -0.251. The highest BCUT2D eigenvalue weighted by Crippen LogP contribution is 2.11. The van der Waals surface area contributed by atoms with Gasteiger partial charge >= 0.3 is 0 Å². The van der Waals surface area contributed by atoms with Gasteiger partial charge in [-0.1, -0.05) is 43.4 Å². The first-order valence-electron chi connectivity index (χ1n) is 10.9. The topological polar surface area (TPSA) is 99.9 Å². The second-order valence-electron chi connectivity index (χ2n) is 7.55. The summed E-state index contributed by atoms with van der Waals surface area (Å²) >= 11 is 0. The van der Waals surface area contributed by atoms with Crippen molar-refractivity contribution in [1.82, 2.24) is 20.2 Å². The maximum absolute atomic E-state index is 12.2. The van der Waals surface area contributed by atoms with Gasteiger partial charge in [-0.3, -0.25) is 14.6 Å². The average Bonchev–Trinajstić information content (AvgIpc) is 2.82. The predicted octanol–water partition coefficient (Wildman–Crippen LogP) is 3.54. The third-order valence-corrected chi connectivity index (χ3v) is 4.50. The summed E-state index contributed by atoms with van der Waals surface area (Å²) in [5, 5.41) is 13.0. The van der Waals surface area contributed by atoms with Crippen LogP contribution in [0.3, 0.4) is 0 Å². The standard InChI is InChI=1S/C23H26N4O2.C3H9N/c1-4-19(9-8-17(2)16-27-10-6-5-7-22(27)28)11-20-12-21(15-25-14-20)23(29)26-13-18(3)24;1-3-4-2/h4-10,12,14-15,24H,1,11,13,16H2,2-3H3,(H,26,29);4H,3H2,1-2H3/b17-8+,19-9+,24-18?;. The summed E-state index contributed by atoms with van der Waals surface area (Å²) in [5.41, 5.74) is 3.71. The molecule has 0 unspecified atom stereocenters. The van der Waals surface area contributed by atoms with Crippen LogP contribution in [0.2, 0.25) is 0 Å². The first-order valence-corrected chi connectivity index (χ1v) is 10.9. The lowest BCUT2D eigenvalue weighted by Crippen LogP contribution is -2.28. The minimum atomic E-state index is -0.251. The third-order valence-electron chi connectivity index (χ3n) is 4.50. The number of hydrogen-bond donors (Lipinski definition) is 3. The fraction of sp³-hybridized carbons (Fsp3) is 0.308. The first kappa shape index (κ1) is 27.5. The van der Waals surface area contributed by atoms with Crippen molar-refractivity contribution in [3.63, 3.8) is 0 Å². The van der Waals surface area contributed by atoms with Crippen molar-refractivity contribution < 1.29 is 4.79 Å². The molecule has 0 saturated heterocycles. The van der Waals surface area contributed by atoms with E-state index in [2.05, 4.69) is 29.1 Å². The Kier molecular flexibility index (Phi) is 12.7. The highest BCUT2D eigenvalue weighted by molar-refractivity contribution is 5.96. The minimum absolute atomic E-state index is 0.0347. The van der Waals surface area contributed by atoms with Gasteiger partial charge < -0.3 is 20.6 Å². The zero-order chi connectivity index (χ0) is 24.6. The van der Waals surface area contributed by atoms with Gasteiger partial charge in [-0.2, -0.15) is 0 Å². The smallest absolute Gasteiger partial charge is 0.253 e. The fourth-order valence-corrected chi connectivity index (χ4v) is 2.62. The summed E-state index contributed by atoms with van der Waals surface area (Å²) in [6.45, 7) is 11.3. The van der Waals surface area contributed by atoms with Crippen LogP contribution in [0, 0.1) is 5.41 Å². The van der Waals surface area contributed by atoms with E-state index in [-0.39, 0.29) is 18.0 Å². The number of nitrogens with zero attached hydrogens (tertiary/aromatic N) is 2. The molecular weight excluding hydrogens is 414 g/mol. The quantitative estimate of drug-likeness (QED) is 0.382. The number of pyridine rings is 2. The van der Waals surface area contributed by atoms with Crippen molar-refractivity contribution in [2.45, 2.75) is 33.7 Å². The van der Waals surface area contributed by atoms with Gasteiger partial charge in [0.2, 0.25) is 0 Å². The molecule has 0 aromatic carbocycles. The lowest BCUT2D eigenvalue weighted by Gasteiger charge is -2.07. The van der Waals surface area contributed by atoms with Crippen molar-refractivity contribution in [3.8, 4) is 0 Å². The van der Waals surface area contributed by atoms with Gasteiger partial charge in [0.1, 0.15) is 0 Å². The van der Waals surface area contributed by atoms with E-state index >= 15 is 0 Å². The zero-order valence-electron chi connectivity index (χ0n) is 20.0.